The van der Waals surface area contributed by atoms with E-state index in [2.05, 4.69) is 35.6 Å². The van der Waals surface area contributed by atoms with Crippen molar-refractivity contribution in [3.63, 3.8) is 0 Å². The normalized spacial score (nSPS) is 20.9. The lowest BCUT2D eigenvalue weighted by atomic mass is 9.93. The van der Waals surface area contributed by atoms with Crippen LogP contribution in [0.25, 0.3) is 11.2 Å². The number of imidazole rings is 1. The SMILES string of the molecule is CCOC(=O)C(Cc1nn[nH]n1)(OC[C@H]1O[C@@H](n2cnc3c(N(C(=O)OC(C)(C)C)C(=O)OC(C)(C)C)nc(Cl)nc32)[C@@H](F)[C@@H]1C)C(C)=O. The van der Waals surface area contributed by atoms with Crippen molar-refractivity contribution in [3.05, 3.63) is 17.4 Å². The van der Waals surface area contributed by atoms with Crippen LogP contribution in [0, 0.1) is 5.92 Å². The van der Waals surface area contributed by atoms with E-state index in [1.54, 1.807) is 55.4 Å². The first-order valence-electron chi connectivity index (χ1n) is 15.3. The largest absolute Gasteiger partial charge is 0.463 e. The van der Waals surface area contributed by atoms with Gasteiger partial charge in [0.05, 0.1) is 32.1 Å². The van der Waals surface area contributed by atoms with E-state index in [9.17, 15) is 19.2 Å². The molecule has 1 unspecified atom stereocenters. The summed E-state index contributed by atoms with van der Waals surface area (Å²) in [5, 5.41) is 12.9. The Balaban J connectivity index is 1.68. The van der Waals surface area contributed by atoms with Gasteiger partial charge in [0.1, 0.15) is 11.2 Å². The monoisotopic (exact) mass is 711 g/mol. The number of ketones is 1. The molecule has 0 bridgehead atoms. The van der Waals surface area contributed by atoms with Crippen LogP contribution in [0.5, 0.6) is 0 Å². The first-order chi connectivity index (χ1) is 22.8. The summed E-state index contributed by atoms with van der Waals surface area (Å²) in [5.41, 5.74) is -4.41. The van der Waals surface area contributed by atoms with Crippen molar-refractivity contribution in [2.75, 3.05) is 18.1 Å². The zero-order valence-corrected chi connectivity index (χ0v) is 29.3. The van der Waals surface area contributed by atoms with Gasteiger partial charge in [-0.3, -0.25) is 9.36 Å². The van der Waals surface area contributed by atoms with E-state index in [4.69, 9.17) is 35.3 Å². The van der Waals surface area contributed by atoms with Crippen molar-refractivity contribution in [1.82, 2.24) is 40.1 Å². The minimum Gasteiger partial charge on any atom is -0.463 e. The highest BCUT2D eigenvalue weighted by Crippen LogP contribution is 2.39. The molecule has 268 valence electrons. The molecule has 0 aliphatic carbocycles. The molecule has 18 nitrogen and oxygen atoms in total. The predicted molar refractivity (Wildman–Crippen MR) is 167 cm³/mol. The van der Waals surface area contributed by atoms with Crippen LogP contribution in [0.1, 0.15) is 74.4 Å². The number of tetrazole rings is 1. The molecule has 1 saturated heterocycles. The number of nitrogens with zero attached hydrogens (tertiary/aromatic N) is 8. The molecule has 4 heterocycles. The summed E-state index contributed by atoms with van der Waals surface area (Å²) in [4.78, 5) is 65.7. The number of halogens is 2. The van der Waals surface area contributed by atoms with Gasteiger partial charge in [-0.2, -0.15) is 20.1 Å². The molecule has 0 radical (unpaired) electrons. The molecule has 1 N–H and O–H groups in total. The standard InChI is InChI=1S/C29H39ClFN9O9/c1-10-45-23(42)29(15(3)41,11-17-35-37-38-36-17)46-12-16-14(2)18(31)22(47-16)39-13-32-19-20(39)33-24(30)34-21(19)40(25(43)48-27(4,5)6)26(44)49-28(7,8)9/h13-14,16,18,22H,10-12H2,1-9H3,(H,35,36,37,38)/t14-,16-,18+,22-,29?/m1/s1. The highest BCUT2D eigenvalue weighted by Gasteiger charge is 2.51. The van der Waals surface area contributed by atoms with E-state index in [1.165, 1.54) is 10.9 Å². The predicted octanol–water partition coefficient (Wildman–Crippen LogP) is 3.69. The van der Waals surface area contributed by atoms with E-state index in [0.717, 1.165) is 6.92 Å². The lowest BCUT2D eigenvalue weighted by molar-refractivity contribution is -0.182. The molecule has 3 aromatic rings. The van der Waals surface area contributed by atoms with E-state index in [-0.39, 0.29) is 29.4 Å². The number of nitrogens with one attached hydrogen (secondary N) is 1. The van der Waals surface area contributed by atoms with Crippen molar-refractivity contribution < 1.29 is 47.3 Å². The number of hydrogen-bond donors (Lipinski definition) is 1. The molecule has 0 aromatic carbocycles. The second-order valence-corrected chi connectivity index (χ2v) is 13.6. The number of alkyl halides is 1. The number of ether oxygens (including phenoxy) is 5. The number of hydrogen-bond acceptors (Lipinski definition) is 15. The maximum Gasteiger partial charge on any atom is 0.425 e. The van der Waals surface area contributed by atoms with Crippen molar-refractivity contribution >= 4 is 52.5 Å². The van der Waals surface area contributed by atoms with Crippen molar-refractivity contribution in [1.29, 1.82) is 0 Å². The molecule has 0 spiro atoms. The number of rotatable bonds is 10. The number of aromatic nitrogens is 8. The quantitative estimate of drug-likeness (QED) is 0.137. The smallest absolute Gasteiger partial charge is 0.425 e. The number of carbonyl (C=O) groups excluding carboxylic acids is 4. The van der Waals surface area contributed by atoms with Crippen molar-refractivity contribution in [3.8, 4) is 0 Å². The van der Waals surface area contributed by atoms with Gasteiger partial charge in [0.15, 0.2) is 41.0 Å². The fraction of sp³-hybridized carbons (Fsp3) is 0.655. The Morgan fingerprint density at radius 3 is 2.24 bits per heavy atom. The lowest BCUT2D eigenvalue weighted by Gasteiger charge is -2.29. The Kier molecular flexibility index (Phi) is 10.9. The molecule has 0 saturated carbocycles. The van der Waals surface area contributed by atoms with Gasteiger partial charge < -0.3 is 23.7 Å². The topological polar surface area (TPSA) is 216 Å². The van der Waals surface area contributed by atoms with E-state index < -0.39 is 83.5 Å². The summed E-state index contributed by atoms with van der Waals surface area (Å²) in [5.74, 6) is -2.90. The summed E-state index contributed by atoms with van der Waals surface area (Å²) >= 11 is 6.27. The fourth-order valence-corrected chi connectivity index (χ4v) is 5.00. The second-order valence-electron chi connectivity index (χ2n) is 13.2. The van der Waals surface area contributed by atoms with E-state index >= 15 is 4.39 Å². The second kappa shape index (κ2) is 14.2. The Morgan fingerprint density at radius 1 is 1.08 bits per heavy atom. The molecule has 1 aliphatic rings. The van der Waals surface area contributed by atoms with Gasteiger partial charge in [-0.15, -0.1) is 10.2 Å². The van der Waals surface area contributed by atoms with Gasteiger partial charge in [-0.25, -0.2) is 23.8 Å². The molecule has 3 aromatic heterocycles. The molecular weight excluding hydrogens is 673 g/mol. The van der Waals surface area contributed by atoms with Crippen LogP contribution in [-0.4, -0.2) is 106 Å². The zero-order chi connectivity index (χ0) is 36.5. The molecule has 2 amide bonds. The van der Waals surface area contributed by atoms with Crippen LogP contribution >= 0.6 is 11.6 Å². The minimum atomic E-state index is -2.17. The van der Waals surface area contributed by atoms with Gasteiger partial charge in [0, 0.05) is 5.92 Å². The van der Waals surface area contributed by atoms with Gasteiger partial charge >= 0.3 is 18.2 Å². The summed E-state index contributed by atoms with van der Waals surface area (Å²) in [7, 11) is 0. The highest BCUT2D eigenvalue weighted by molar-refractivity contribution is 6.29. The maximum atomic E-state index is 16.0. The molecule has 1 aliphatic heterocycles. The number of H-pyrrole nitrogens is 1. The van der Waals surface area contributed by atoms with Gasteiger partial charge in [0.2, 0.25) is 10.9 Å². The van der Waals surface area contributed by atoms with Gasteiger partial charge in [0.25, 0.3) is 0 Å². The molecule has 1 fully saturated rings. The average molecular weight is 712 g/mol. The summed E-state index contributed by atoms with van der Waals surface area (Å²) in [6.07, 6.45) is -5.57. The highest BCUT2D eigenvalue weighted by atomic mass is 35.5. The van der Waals surface area contributed by atoms with Crippen molar-refractivity contribution in [2.24, 2.45) is 5.92 Å². The third kappa shape index (κ3) is 8.27. The van der Waals surface area contributed by atoms with Gasteiger partial charge in [-0.1, -0.05) is 12.1 Å². The number of Topliss-reactive ketones (excluding diaryl/α,β-unsaturated/α-hetero) is 1. The average Bonchev–Trinajstić information content (AvgIpc) is 3.69. The number of imide groups is 1. The molecule has 20 heteroatoms. The lowest BCUT2D eigenvalue weighted by Crippen LogP contribution is -2.52. The molecule has 5 atom stereocenters. The Morgan fingerprint density at radius 2 is 1.71 bits per heavy atom. The minimum absolute atomic E-state index is 0.00828. The summed E-state index contributed by atoms with van der Waals surface area (Å²) < 4.78 is 45.3. The van der Waals surface area contributed by atoms with Crippen molar-refractivity contribution in [2.45, 2.75) is 104 Å². The number of fused-ring (bicyclic) bond motifs is 1. The third-order valence-electron chi connectivity index (χ3n) is 7.15. The number of carbonyl (C=O) groups is 4. The summed E-state index contributed by atoms with van der Waals surface area (Å²) in [6, 6.07) is 0. The molecule has 4 rings (SSSR count). The fourth-order valence-electron chi connectivity index (χ4n) is 4.84. The third-order valence-corrected chi connectivity index (χ3v) is 7.32. The zero-order valence-electron chi connectivity index (χ0n) is 28.5. The number of esters is 1. The Bertz CT molecular complexity index is 1660. The Labute approximate surface area is 285 Å². The first-order valence-corrected chi connectivity index (χ1v) is 15.7. The van der Waals surface area contributed by atoms with Crippen LogP contribution in [0.15, 0.2) is 6.33 Å². The number of anilines is 1. The van der Waals surface area contributed by atoms with Crippen LogP contribution in [0.3, 0.4) is 0 Å². The van der Waals surface area contributed by atoms with E-state index in [1.807, 2.05) is 0 Å². The van der Waals surface area contributed by atoms with Crippen LogP contribution < -0.4 is 4.90 Å². The van der Waals surface area contributed by atoms with E-state index in [0.29, 0.717) is 4.90 Å². The van der Waals surface area contributed by atoms with Gasteiger partial charge in [-0.05, 0) is 67.0 Å². The number of aromatic amines is 1. The summed E-state index contributed by atoms with van der Waals surface area (Å²) in [6.45, 7) is 13.4. The Hall–Kier alpha value is -4.36. The maximum absolute atomic E-state index is 16.0. The molecular formula is C29H39ClFN9O9. The number of amides is 2. The van der Waals surface area contributed by atoms with Crippen LogP contribution in [0.4, 0.5) is 19.8 Å². The molecule has 49 heavy (non-hydrogen) atoms. The van der Waals surface area contributed by atoms with Crippen LogP contribution in [0.2, 0.25) is 5.28 Å². The first kappa shape index (κ1) is 37.5. The van der Waals surface area contributed by atoms with Crippen LogP contribution in [-0.2, 0) is 39.7 Å².